The van der Waals surface area contributed by atoms with Crippen LogP contribution in [0, 0.1) is 13.8 Å². The number of benzene rings is 3. The molecule has 36 heavy (non-hydrogen) atoms. The third-order valence-electron chi connectivity index (χ3n) is 9.04. The van der Waals surface area contributed by atoms with E-state index >= 15 is 0 Å². The molecule has 2 aromatic heterocycles. The van der Waals surface area contributed by atoms with Crippen LogP contribution in [0.25, 0.3) is 38.3 Å². The summed E-state index contributed by atoms with van der Waals surface area (Å²) in [5.74, 6) is 0. The highest BCUT2D eigenvalue weighted by Gasteiger charge is 2.45. The molecule has 3 heterocycles. The Bertz CT molecular complexity index is 1590. The normalized spacial score (nSPS) is 14.5. The molecule has 2 nitrogen and oxygen atoms in total. The molecule has 0 atom stereocenters. The Morgan fingerprint density at radius 3 is 2.25 bits per heavy atom. The Labute approximate surface area is 215 Å². The molecule has 2 heteroatoms. The van der Waals surface area contributed by atoms with Gasteiger partial charge in [-0.15, -0.1) is 9.20 Å². The van der Waals surface area contributed by atoms with Crippen molar-refractivity contribution >= 4 is 27.2 Å². The van der Waals surface area contributed by atoms with Crippen molar-refractivity contribution in [2.24, 2.45) is 0 Å². The summed E-state index contributed by atoms with van der Waals surface area (Å²) in [5, 5.41) is 4.18. The third kappa shape index (κ3) is 3.26. The van der Waals surface area contributed by atoms with E-state index in [9.17, 15) is 0 Å². The van der Waals surface area contributed by atoms with Crippen molar-refractivity contribution in [1.29, 1.82) is 0 Å². The average molecular weight is 476 g/mol. The predicted molar refractivity (Wildman–Crippen MR) is 153 cm³/mol. The van der Waals surface area contributed by atoms with Gasteiger partial charge in [-0.25, -0.2) is 0 Å². The maximum absolute atomic E-state index is 2.62. The van der Waals surface area contributed by atoms with Crippen molar-refractivity contribution in [3.8, 4) is 11.1 Å². The molecule has 0 fully saturated rings. The van der Waals surface area contributed by atoms with Gasteiger partial charge in [-0.3, -0.25) is 0 Å². The number of unbranched alkanes of at least 4 members (excludes halogenated alkanes) is 2. The van der Waals surface area contributed by atoms with Gasteiger partial charge in [0.05, 0.1) is 5.56 Å². The number of aryl methyl sites for hydroxylation is 3. The van der Waals surface area contributed by atoms with Crippen molar-refractivity contribution in [2.75, 3.05) is 0 Å². The van der Waals surface area contributed by atoms with E-state index in [-0.39, 0.29) is 5.54 Å². The van der Waals surface area contributed by atoms with E-state index in [4.69, 9.17) is 0 Å². The Kier molecular flexibility index (Phi) is 5.67. The lowest BCUT2D eigenvalue weighted by Crippen LogP contribution is -2.62. The van der Waals surface area contributed by atoms with Crippen LogP contribution < -0.4 is 4.68 Å². The molecule has 3 aromatic carbocycles. The van der Waals surface area contributed by atoms with Gasteiger partial charge in [0.2, 0.25) is 6.20 Å². The van der Waals surface area contributed by atoms with Crippen LogP contribution in [-0.2, 0) is 18.4 Å². The highest BCUT2D eigenvalue weighted by molar-refractivity contribution is 6.16. The quantitative estimate of drug-likeness (QED) is 0.126. The van der Waals surface area contributed by atoms with Crippen molar-refractivity contribution in [3.63, 3.8) is 0 Å². The van der Waals surface area contributed by atoms with Gasteiger partial charge in [0.15, 0.2) is 5.54 Å². The second-order valence-corrected chi connectivity index (χ2v) is 11.1. The van der Waals surface area contributed by atoms with Crippen molar-refractivity contribution < 1.29 is 4.68 Å². The minimum absolute atomic E-state index is 0.0901. The van der Waals surface area contributed by atoms with E-state index in [1.165, 1.54) is 79.8 Å². The molecule has 0 saturated heterocycles. The van der Waals surface area contributed by atoms with Crippen molar-refractivity contribution in [1.82, 2.24) is 4.52 Å². The van der Waals surface area contributed by atoms with Crippen LogP contribution in [-0.4, -0.2) is 4.52 Å². The molecule has 5 aromatic rings. The molecule has 0 aliphatic carbocycles. The Hall–Kier alpha value is -3.13. The van der Waals surface area contributed by atoms with Gasteiger partial charge >= 0.3 is 0 Å². The Morgan fingerprint density at radius 1 is 0.806 bits per heavy atom. The summed E-state index contributed by atoms with van der Waals surface area (Å²) in [4.78, 5) is 0. The lowest BCUT2D eigenvalue weighted by molar-refractivity contribution is -0.822. The first kappa shape index (κ1) is 23.3. The van der Waals surface area contributed by atoms with Crippen LogP contribution in [0.5, 0.6) is 0 Å². The van der Waals surface area contributed by atoms with Gasteiger partial charge in [-0.05, 0) is 59.9 Å². The maximum Gasteiger partial charge on any atom is 0.205 e. The largest absolute Gasteiger partial charge is 0.205 e. The smallest absolute Gasteiger partial charge is 0.118 e. The summed E-state index contributed by atoms with van der Waals surface area (Å²) in [6.07, 6.45) is 10.8. The Balaban J connectivity index is 1.79. The minimum Gasteiger partial charge on any atom is -0.118 e. The van der Waals surface area contributed by atoms with Crippen LogP contribution in [0.4, 0.5) is 0 Å². The van der Waals surface area contributed by atoms with E-state index in [2.05, 4.69) is 105 Å². The van der Waals surface area contributed by atoms with Gasteiger partial charge in [0, 0.05) is 30.0 Å². The second kappa shape index (κ2) is 8.76. The number of hydrogen-bond acceptors (Lipinski definition) is 0. The molecule has 0 amide bonds. The molecule has 1 aliphatic heterocycles. The molecule has 0 saturated carbocycles. The predicted octanol–water partition coefficient (Wildman–Crippen LogP) is 8.62. The average Bonchev–Trinajstić information content (AvgIpc) is 3.29. The molecule has 6 rings (SSSR count). The lowest BCUT2D eigenvalue weighted by atomic mass is 9.83. The number of pyridine rings is 1. The van der Waals surface area contributed by atoms with E-state index in [1.54, 1.807) is 0 Å². The fourth-order valence-corrected chi connectivity index (χ4v) is 6.93. The molecule has 0 spiro atoms. The first-order chi connectivity index (χ1) is 17.5. The number of para-hydroxylation sites is 1. The zero-order chi connectivity index (χ0) is 25.0. The molecular formula is C34H39N2+. The van der Waals surface area contributed by atoms with E-state index in [0.29, 0.717) is 0 Å². The first-order valence-electron chi connectivity index (χ1n) is 14.0. The Morgan fingerprint density at radius 2 is 1.53 bits per heavy atom. The molecule has 0 radical (unpaired) electrons. The highest BCUT2D eigenvalue weighted by Crippen LogP contribution is 2.42. The van der Waals surface area contributed by atoms with Crippen LogP contribution in [0.3, 0.4) is 0 Å². The second-order valence-electron chi connectivity index (χ2n) is 11.1. The number of nitrogens with zero attached hydrogens (tertiary/aromatic N) is 2. The SMILES string of the molecule is CCCCCc1ccc2c(c1)c1cccc3c1n1c2c(-c2c(C)cccc2C)c[n+]1C(CC)(CC)C3. The monoisotopic (exact) mass is 475 g/mol. The molecule has 184 valence electrons. The maximum atomic E-state index is 2.62. The van der Waals surface area contributed by atoms with Gasteiger partial charge in [-0.2, -0.15) is 0 Å². The molecular weight excluding hydrogens is 436 g/mol. The zero-order valence-corrected chi connectivity index (χ0v) is 22.6. The standard InChI is InChI=1S/C34H39N2/c1-6-9-10-15-25-18-19-28-29(20-25)27-17-12-16-26-21-34(7-2,8-3)35-22-30(33(28)36(35)32(26)27)31-23(4)13-11-14-24(31)5/h11-14,16-20,22H,6-10,15,21H2,1-5H3/q+1. The van der Waals surface area contributed by atoms with Crippen LogP contribution in [0.1, 0.15) is 75.1 Å². The molecule has 1 aliphatic rings. The molecule has 0 unspecified atom stereocenters. The van der Waals surface area contributed by atoms with E-state index in [1.807, 2.05) is 0 Å². The summed E-state index contributed by atoms with van der Waals surface area (Å²) in [6.45, 7) is 11.5. The van der Waals surface area contributed by atoms with Gasteiger partial charge in [0.1, 0.15) is 11.0 Å². The van der Waals surface area contributed by atoms with Gasteiger partial charge < -0.3 is 0 Å². The van der Waals surface area contributed by atoms with Crippen molar-refractivity contribution in [3.05, 3.63) is 83.0 Å². The summed E-state index contributed by atoms with van der Waals surface area (Å²) >= 11 is 0. The summed E-state index contributed by atoms with van der Waals surface area (Å²) < 4.78 is 5.22. The number of aromatic nitrogens is 2. The van der Waals surface area contributed by atoms with Gasteiger partial charge in [-0.1, -0.05) is 88.2 Å². The zero-order valence-electron chi connectivity index (χ0n) is 22.6. The number of hydrogen-bond donors (Lipinski definition) is 0. The summed E-state index contributed by atoms with van der Waals surface area (Å²) in [5.41, 5.74) is 11.3. The summed E-state index contributed by atoms with van der Waals surface area (Å²) in [7, 11) is 0. The van der Waals surface area contributed by atoms with Crippen LogP contribution in [0.15, 0.2) is 60.8 Å². The number of fused-ring (bicyclic) bond motifs is 3. The summed E-state index contributed by atoms with van der Waals surface area (Å²) in [6, 6.07) is 21.0. The van der Waals surface area contributed by atoms with Gasteiger partial charge in [0.25, 0.3) is 0 Å². The number of rotatable bonds is 7. The molecule has 0 N–H and O–H groups in total. The van der Waals surface area contributed by atoms with Crippen LogP contribution in [0.2, 0.25) is 0 Å². The fraction of sp³-hybridized carbons (Fsp3) is 0.382. The molecule has 0 bridgehead atoms. The highest BCUT2D eigenvalue weighted by atomic mass is 15.4. The van der Waals surface area contributed by atoms with E-state index < -0.39 is 0 Å². The van der Waals surface area contributed by atoms with Crippen LogP contribution >= 0.6 is 0 Å². The minimum atomic E-state index is 0.0901. The fourth-order valence-electron chi connectivity index (χ4n) is 6.93. The first-order valence-corrected chi connectivity index (χ1v) is 14.0. The third-order valence-corrected chi connectivity index (χ3v) is 9.04. The van der Waals surface area contributed by atoms with E-state index in [0.717, 1.165) is 25.7 Å². The lowest BCUT2D eigenvalue weighted by Gasteiger charge is -2.30. The topological polar surface area (TPSA) is 8.29 Å². The van der Waals surface area contributed by atoms with Crippen molar-refractivity contribution in [2.45, 2.75) is 85.1 Å².